The van der Waals surface area contributed by atoms with Crippen LogP contribution in [-0.2, 0) is 7.05 Å². The van der Waals surface area contributed by atoms with Gasteiger partial charge in [-0.3, -0.25) is 14.6 Å². The number of aryl methyl sites for hydroxylation is 1. The molecule has 2 bridgehead atoms. The van der Waals surface area contributed by atoms with Crippen molar-refractivity contribution < 1.29 is 0 Å². The number of nitrogens with zero attached hydrogens (tertiary/aromatic N) is 7. The predicted molar refractivity (Wildman–Crippen MR) is 101 cm³/mol. The minimum absolute atomic E-state index is 0.605. The van der Waals surface area contributed by atoms with E-state index in [-0.39, 0.29) is 0 Å². The van der Waals surface area contributed by atoms with Crippen LogP contribution in [0.2, 0.25) is 0 Å². The second-order valence-electron chi connectivity index (χ2n) is 7.40. The highest BCUT2D eigenvalue weighted by Crippen LogP contribution is 2.33. The van der Waals surface area contributed by atoms with E-state index in [0.29, 0.717) is 12.1 Å². The minimum Gasteiger partial charge on any atom is -0.354 e. The molecule has 7 heteroatoms. The van der Waals surface area contributed by atoms with Gasteiger partial charge < -0.3 is 4.90 Å². The molecule has 0 aromatic carbocycles. The van der Waals surface area contributed by atoms with Crippen molar-refractivity contribution in [3.63, 3.8) is 0 Å². The second-order valence-corrected chi connectivity index (χ2v) is 7.40. The highest BCUT2D eigenvalue weighted by molar-refractivity contribution is 5.88. The molecule has 0 radical (unpaired) electrons. The van der Waals surface area contributed by atoms with Gasteiger partial charge >= 0.3 is 0 Å². The molecule has 0 N–H and O–H groups in total. The first kappa shape index (κ1) is 15.7. The molecule has 2 saturated heterocycles. The zero-order chi connectivity index (χ0) is 17.7. The number of hydrogen-bond acceptors (Lipinski definition) is 6. The monoisotopic (exact) mass is 349 g/mol. The molecule has 0 saturated carbocycles. The lowest BCUT2D eigenvalue weighted by Crippen LogP contribution is -2.37. The molecule has 0 unspecified atom stereocenters. The van der Waals surface area contributed by atoms with Gasteiger partial charge in [-0.25, -0.2) is 9.97 Å². The van der Waals surface area contributed by atoms with Crippen LogP contribution in [0, 0.1) is 0 Å². The Morgan fingerprint density at radius 1 is 1.00 bits per heavy atom. The fourth-order valence-electron chi connectivity index (χ4n) is 4.38. The van der Waals surface area contributed by atoms with Crippen LogP contribution in [0.5, 0.6) is 0 Å². The van der Waals surface area contributed by atoms with Crippen LogP contribution in [0.15, 0.2) is 30.7 Å². The maximum Gasteiger partial charge on any atom is 0.164 e. The van der Waals surface area contributed by atoms with Crippen molar-refractivity contribution in [3.05, 3.63) is 30.7 Å². The van der Waals surface area contributed by atoms with Gasteiger partial charge in [0, 0.05) is 50.2 Å². The Labute approximate surface area is 152 Å². The molecular formula is C19H23N7. The van der Waals surface area contributed by atoms with Gasteiger partial charge in [0.15, 0.2) is 11.5 Å². The summed E-state index contributed by atoms with van der Waals surface area (Å²) in [5, 5.41) is 5.47. The van der Waals surface area contributed by atoms with Crippen molar-refractivity contribution in [3.8, 4) is 11.4 Å². The molecule has 26 heavy (non-hydrogen) atoms. The zero-order valence-electron chi connectivity index (χ0n) is 15.2. The predicted octanol–water partition coefficient (Wildman–Crippen LogP) is 2.10. The highest BCUT2D eigenvalue weighted by atomic mass is 15.3. The van der Waals surface area contributed by atoms with Crippen molar-refractivity contribution in [2.45, 2.75) is 31.3 Å². The molecule has 5 heterocycles. The van der Waals surface area contributed by atoms with Gasteiger partial charge in [0.1, 0.15) is 5.82 Å². The van der Waals surface area contributed by atoms with E-state index in [1.807, 2.05) is 30.1 Å². The molecule has 0 amide bonds. The molecule has 2 fully saturated rings. The molecule has 5 rings (SSSR count). The summed E-state index contributed by atoms with van der Waals surface area (Å²) in [5.41, 5.74) is 1.86. The van der Waals surface area contributed by atoms with E-state index in [4.69, 9.17) is 9.97 Å². The fourth-order valence-corrected chi connectivity index (χ4v) is 4.38. The number of hydrogen-bond donors (Lipinski definition) is 0. The van der Waals surface area contributed by atoms with Crippen LogP contribution in [0.4, 0.5) is 5.82 Å². The summed E-state index contributed by atoms with van der Waals surface area (Å²) in [7, 11) is 4.21. The number of likely N-dealkylation sites (N-methyl/N-ethyl adjacent to an activating group) is 1. The van der Waals surface area contributed by atoms with Gasteiger partial charge in [0.25, 0.3) is 0 Å². The van der Waals surface area contributed by atoms with Gasteiger partial charge in [-0.2, -0.15) is 5.10 Å². The Balaban J connectivity index is 1.62. The van der Waals surface area contributed by atoms with Crippen molar-refractivity contribution in [2.24, 2.45) is 7.05 Å². The van der Waals surface area contributed by atoms with Crippen LogP contribution < -0.4 is 4.90 Å². The van der Waals surface area contributed by atoms with E-state index in [1.54, 1.807) is 12.4 Å². The molecule has 2 aliphatic rings. The van der Waals surface area contributed by atoms with Gasteiger partial charge in [0.05, 0.1) is 11.6 Å². The Hall–Kier alpha value is -2.54. The molecule has 0 spiro atoms. The third kappa shape index (κ3) is 2.46. The summed E-state index contributed by atoms with van der Waals surface area (Å²) in [6.45, 7) is 2.05. The number of fused-ring (bicyclic) bond motifs is 3. The zero-order valence-corrected chi connectivity index (χ0v) is 15.2. The lowest BCUT2D eigenvalue weighted by molar-refractivity contribution is 0.254. The Bertz CT molecular complexity index is 936. The second kappa shape index (κ2) is 6.02. The number of anilines is 1. The Kier molecular flexibility index (Phi) is 3.63. The maximum atomic E-state index is 4.97. The molecule has 134 valence electrons. The molecule has 3 aromatic heterocycles. The Morgan fingerprint density at radius 3 is 2.65 bits per heavy atom. The summed E-state index contributed by atoms with van der Waals surface area (Å²) in [6, 6.07) is 5.23. The van der Waals surface area contributed by atoms with Crippen LogP contribution in [-0.4, -0.2) is 61.9 Å². The summed E-state index contributed by atoms with van der Waals surface area (Å²) in [4.78, 5) is 18.9. The van der Waals surface area contributed by atoms with Crippen molar-refractivity contribution in [2.75, 3.05) is 25.0 Å². The highest BCUT2D eigenvalue weighted by Gasteiger charge is 2.35. The molecule has 7 nitrogen and oxygen atoms in total. The van der Waals surface area contributed by atoms with Crippen LogP contribution >= 0.6 is 0 Å². The minimum atomic E-state index is 0.605. The lowest BCUT2D eigenvalue weighted by Gasteiger charge is -2.27. The van der Waals surface area contributed by atoms with E-state index < -0.39 is 0 Å². The van der Waals surface area contributed by atoms with Crippen LogP contribution in [0.1, 0.15) is 19.3 Å². The quantitative estimate of drug-likeness (QED) is 0.706. The summed E-state index contributed by atoms with van der Waals surface area (Å²) in [5.74, 6) is 1.75. The van der Waals surface area contributed by atoms with E-state index >= 15 is 0 Å². The maximum absolute atomic E-state index is 4.97. The number of aromatic nitrogens is 5. The lowest BCUT2D eigenvalue weighted by atomic mass is 10.1. The first-order valence-corrected chi connectivity index (χ1v) is 9.28. The van der Waals surface area contributed by atoms with Gasteiger partial charge in [-0.15, -0.1) is 0 Å². The van der Waals surface area contributed by atoms with Crippen molar-refractivity contribution in [1.82, 2.24) is 29.6 Å². The molecule has 2 atom stereocenters. The van der Waals surface area contributed by atoms with Crippen molar-refractivity contribution >= 4 is 16.9 Å². The standard InChI is InChI=1S/C19H23N7/c1-24-14-3-4-15(24)12-26(10-7-14)19-16-11-21-25(2)18(16)22-17(23-19)13-5-8-20-9-6-13/h5-6,8-9,11,14-15H,3-4,7,10,12H2,1-2H3/t14-,15+/m1/s1. The number of pyridine rings is 1. The smallest absolute Gasteiger partial charge is 0.164 e. The number of rotatable bonds is 2. The van der Waals surface area contributed by atoms with Gasteiger partial charge in [0.2, 0.25) is 0 Å². The van der Waals surface area contributed by atoms with E-state index in [1.165, 1.54) is 19.3 Å². The Morgan fingerprint density at radius 2 is 1.81 bits per heavy atom. The van der Waals surface area contributed by atoms with E-state index in [0.717, 1.165) is 41.3 Å². The average Bonchev–Trinajstić information content (AvgIpc) is 3.15. The summed E-state index contributed by atoms with van der Waals surface area (Å²) in [6.07, 6.45) is 9.24. The van der Waals surface area contributed by atoms with E-state index in [2.05, 4.69) is 26.9 Å². The molecule has 0 aliphatic carbocycles. The average molecular weight is 349 g/mol. The molecule has 3 aromatic rings. The van der Waals surface area contributed by atoms with E-state index in [9.17, 15) is 0 Å². The fraction of sp³-hybridized carbons (Fsp3) is 0.474. The first-order chi connectivity index (χ1) is 12.7. The topological polar surface area (TPSA) is 63.0 Å². The van der Waals surface area contributed by atoms with Crippen molar-refractivity contribution in [1.29, 1.82) is 0 Å². The third-order valence-corrected chi connectivity index (χ3v) is 5.96. The SMILES string of the molecule is CN1[C@@H]2CC[C@H]1CN(c1nc(-c3ccncc3)nc3c1cnn3C)CC2. The van der Waals surface area contributed by atoms with Crippen LogP contribution in [0.25, 0.3) is 22.4 Å². The normalized spacial score (nSPS) is 23.5. The van der Waals surface area contributed by atoms with Gasteiger partial charge in [-0.05, 0) is 38.4 Å². The molecular weight excluding hydrogens is 326 g/mol. The van der Waals surface area contributed by atoms with Gasteiger partial charge in [-0.1, -0.05) is 0 Å². The summed E-state index contributed by atoms with van der Waals surface area (Å²) < 4.78 is 1.83. The molecule has 2 aliphatic heterocycles. The summed E-state index contributed by atoms with van der Waals surface area (Å²) >= 11 is 0. The largest absolute Gasteiger partial charge is 0.354 e. The third-order valence-electron chi connectivity index (χ3n) is 5.96. The first-order valence-electron chi connectivity index (χ1n) is 9.28. The van der Waals surface area contributed by atoms with Crippen LogP contribution in [0.3, 0.4) is 0 Å².